The van der Waals surface area contributed by atoms with Crippen LogP contribution in [0.1, 0.15) is 11.3 Å². The monoisotopic (exact) mass is 254 g/mol. The van der Waals surface area contributed by atoms with Gasteiger partial charge in [0.05, 0.1) is 17.8 Å². The van der Waals surface area contributed by atoms with Crippen LogP contribution < -0.4 is 10.6 Å². The fourth-order valence-electron chi connectivity index (χ4n) is 2.25. The van der Waals surface area contributed by atoms with Crippen LogP contribution in [0.5, 0.6) is 0 Å². The van der Waals surface area contributed by atoms with Crippen LogP contribution in [-0.2, 0) is 17.8 Å². The van der Waals surface area contributed by atoms with Crippen molar-refractivity contribution in [3.8, 4) is 11.3 Å². The number of anilines is 1. The molecule has 0 spiro atoms. The number of benzene rings is 1. The van der Waals surface area contributed by atoms with Crippen molar-refractivity contribution in [3.05, 3.63) is 41.6 Å². The number of amides is 1. The molecule has 1 aromatic carbocycles. The van der Waals surface area contributed by atoms with Gasteiger partial charge in [0.1, 0.15) is 0 Å². The fourth-order valence-corrected chi connectivity index (χ4v) is 2.25. The molecule has 0 unspecified atom stereocenters. The third-order valence-electron chi connectivity index (χ3n) is 3.38. The number of likely N-dealkylation sites (N-methyl/N-ethyl adjacent to an activating group) is 1. The zero-order valence-corrected chi connectivity index (χ0v) is 10.6. The Balaban J connectivity index is 1.98. The van der Waals surface area contributed by atoms with Gasteiger partial charge in [-0.05, 0) is 29.8 Å². The Morgan fingerprint density at radius 2 is 2.11 bits per heavy atom. The van der Waals surface area contributed by atoms with Gasteiger partial charge in [-0.25, -0.2) is 0 Å². The van der Waals surface area contributed by atoms with Crippen molar-refractivity contribution in [2.45, 2.75) is 13.0 Å². The highest BCUT2D eigenvalue weighted by Gasteiger charge is 2.24. The molecule has 1 aliphatic heterocycles. The summed E-state index contributed by atoms with van der Waals surface area (Å²) < 4.78 is 0. The maximum Gasteiger partial charge on any atom is 0.231 e. The first-order valence-electron chi connectivity index (χ1n) is 6.11. The lowest BCUT2D eigenvalue weighted by Gasteiger charge is -2.10. The number of hydrogen-bond acceptors (Lipinski definition) is 4. The van der Waals surface area contributed by atoms with Crippen molar-refractivity contribution >= 4 is 11.6 Å². The third kappa shape index (κ3) is 1.98. The lowest BCUT2D eigenvalue weighted by Crippen LogP contribution is -2.20. The van der Waals surface area contributed by atoms with E-state index in [2.05, 4.69) is 10.2 Å². The minimum Gasteiger partial charge on any atom is -0.325 e. The summed E-state index contributed by atoms with van der Waals surface area (Å²) in [5.41, 5.74) is 10.0. The zero-order chi connectivity index (χ0) is 13.4. The lowest BCUT2D eigenvalue weighted by molar-refractivity contribution is -0.117. The second-order valence-corrected chi connectivity index (χ2v) is 4.59. The van der Waals surface area contributed by atoms with E-state index in [9.17, 15) is 4.79 Å². The van der Waals surface area contributed by atoms with E-state index in [0.717, 1.165) is 28.2 Å². The van der Waals surface area contributed by atoms with Gasteiger partial charge >= 0.3 is 0 Å². The Morgan fingerprint density at radius 3 is 2.79 bits per heavy atom. The standard InChI is InChI=1S/C14H14N4O/c1-18-13-5-2-9(6-10(13)7-14(18)19)12-4-3-11(8-15)16-17-12/h2-6H,7-8,15H2,1H3. The van der Waals surface area contributed by atoms with E-state index < -0.39 is 0 Å². The molecule has 0 bridgehead atoms. The molecule has 3 rings (SSSR count). The van der Waals surface area contributed by atoms with Gasteiger partial charge in [-0.1, -0.05) is 6.07 Å². The molecule has 2 N–H and O–H groups in total. The number of aromatic nitrogens is 2. The highest BCUT2D eigenvalue weighted by atomic mass is 16.2. The number of nitrogens with two attached hydrogens (primary N) is 1. The smallest absolute Gasteiger partial charge is 0.231 e. The quantitative estimate of drug-likeness (QED) is 0.871. The summed E-state index contributed by atoms with van der Waals surface area (Å²) in [5, 5.41) is 8.20. The first kappa shape index (κ1) is 11.8. The molecule has 5 heteroatoms. The fraction of sp³-hybridized carbons (Fsp3) is 0.214. The predicted molar refractivity (Wildman–Crippen MR) is 72.5 cm³/mol. The largest absolute Gasteiger partial charge is 0.325 e. The number of carbonyl (C=O) groups excluding carboxylic acids is 1. The van der Waals surface area contributed by atoms with Crippen LogP contribution in [0.15, 0.2) is 30.3 Å². The number of nitrogens with zero attached hydrogens (tertiary/aromatic N) is 3. The number of fused-ring (bicyclic) bond motifs is 1. The second-order valence-electron chi connectivity index (χ2n) is 4.59. The van der Waals surface area contributed by atoms with Crippen LogP contribution in [0.3, 0.4) is 0 Å². The van der Waals surface area contributed by atoms with Crippen molar-refractivity contribution in [3.63, 3.8) is 0 Å². The third-order valence-corrected chi connectivity index (χ3v) is 3.38. The van der Waals surface area contributed by atoms with Crippen molar-refractivity contribution in [2.75, 3.05) is 11.9 Å². The van der Waals surface area contributed by atoms with Gasteiger partial charge in [-0.2, -0.15) is 10.2 Å². The highest BCUT2D eigenvalue weighted by molar-refractivity contribution is 6.01. The maximum atomic E-state index is 11.6. The minimum absolute atomic E-state index is 0.122. The molecular weight excluding hydrogens is 240 g/mol. The van der Waals surface area contributed by atoms with Crippen molar-refractivity contribution < 1.29 is 4.79 Å². The molecule has 0 aliphatic carbocycles. The van der Waals surface area contributed by atoms with Crippen molar-refractivity contribution in [1.82, 2.24) is 10.2 Å². The summed E-state index contributed by atoms with van der Waals surface area (Å²) in [5.74, 6) is 0.122. The molecule has 2 aromatic rings. The minimum atomic E-state index is 0.122. The van der Waals surface area contributed by atoms with Crippen LogP contribution in [0.25, 0.3) is 11.3 Å². The lowest BCUT2D eigenvalue weighted by atomic mass is 10.1. The van der Waals surface area contributed by atoms with E-state index in [-0.39, 0.29) is 5.91 Å². The van der Waals surface area contributed by atoms with E-state index >= 15 is 0 Å². The van der Waals surface area contributed by atoms with Gasteiger partial charge in [-0.3, -0.25) is 4.79 Å². The summed E-state index contributed by atoms with van der Waals surface area (Å²) in [6.07, 6.45) is 0.452. The molecule has 19 heavy (non-hydrogen) atoms. The zero-order valence-electron chi connectivity index (χ0n) is 10.6. The Morgan fingerprint density at radius 1 is 1.26 bits per heavy atom. The maximum absolute atomic E-state index is 11.6. The van der Waals surface area contributed by atoms with Crippen LogP contribution >= 0.6 is 0 Å². The van der Waals surface area contributed by atoms with Crippen molar-refractivity contribution in [1.29, 1.82) is 0 Å². The second kappa shape index (κ2) is 4.44. The number of carbonyl (C=O) groups is 1. The summed E-state index contributed by atoms with van der Waals surface area (Å²) >= 11 is 0. The van der Waals surface area contributed by atoms with E-state index in [4.69, 9.17) is 5.73 Å². The van der Waals surface area contributed by atoms with E-state index in [0.29, 0.717) is 13.0 Å². The van der Waals surface area contributed by atoms with Gasteiger partial charge in [0.25, 0.3) is 0 Å². The molecule has 0 saturated heterocycles. The van der Waals surface area contributed by atoms with Crippen molar-refractivity contribution in [2.24, 2.45) is 5.73 Å². The Kier molecular flexibility index (Phi) is 2.76. The average molecular weight is 254 g/mol. The summed E-state index contributed by atoms with van der Waals surface area (Å²) in [7, 11) is 1.80. The molecule has 5 nitrogen and oxygen atoms in total. The summed E-state index contributed by atoms with van der Waals surface area (Å²) in [4.78, 5) is 13.3. The van der Waals surface area contributed by atoms with Crippen LogP contribution in [0.2, 0.25) is 0 Å². The van der Waals surface area contributed by atoms with E-state index in [1.54, 1.807) is 11.9 Å². The van der Waals surface area contributed by atoms with Gasteiger partial charge < -0.3 is 10.6 Å². The van der Waals surface area contributed by atoms with Gasteiger partial charge in [0, 0.05) is 24.8 Å². The highest BCUT2D eigenvalue weighted by Crippen LogP contribution is 2.31. The van der Waals surface area contributed by atoms with Crippen LogP contribution in [0, 0.1) is 0 Å². The molecule has 96 valence electrons. The molecule has 2 heterocycles. The molecule has 0 atom stereocenters. The van der Waals surface area contributed by atoms with Gasteiger partial charge in [-0.15, -0.1) is 0 Å². The molecule has 0 radical (unpaired) electrons. The molecular formula is C14H14N4O. The first-order chi connectivity index (χ1) is 9.19. The molecule has 1 amide bonds. The summed E-state index contributed by atoms with van der Waals surface area (Å²) in [6, 6.07) is 9.68. The first-order valence-corrected chi connectivity index (χ1v) is 6.11. The van der Waals surface area contributed by atoms with E-state index in [1.165, 1.54) is 0 Å². The van der Waals surface area contributed by atoms with E-state index in [1.807, 2.05) is 30.3 Å². The number of hydrogen-bond donors (Lipinski definition) is 1. The number of rotatable bonds is 2. The molecule has 0 fully saturated rings. The Labute approximate surface area is 111 Å². The Bertz CT molecular complexity index is 636. The van der Waals surface area contributed by atoms with Gasteiger partial charge in [0.15, 0.2) is 0 Å². The van der Waals surface area contributed by atoms with Crippen LogP contribution in [0.4, 0.5) is 5.69 Å². The summed E-state index contributed by atoms with van der Waals surface area (Å²) in [6.45, 7) is 0.386. The SMILES string of the molecule is CN1C(=O)Cc2cc(-c3ccc(CN)nn3)ccc21. The molecule has 1 aliphatic rings. The molecule has 1 aromatic heterocycles. The topological polar surface area (TPSA) is 72.1 Å². The Hall–Kier alpha value is -2.27. The van der Waals surface area contributed by atoms with Gasteiger partial charge in [0.2, 0.25) is 5.91 Å². The predicted octanol–water partition coefficient (Wildman–Crippen LogP) is 1.12. The van der Waals surface area contributed by atoms with Crippen LogP contribution in [-0.4, -0.2) is 23.2 Å². The average Bonchev–Trinajstić information content (AvgIpc) is 2.74. The normalized spacial score (nSPS) is 13.8. The molecule has 0 saturated carbocycles.